The fourth-order valence-electron chi connectivity index (χ4n) is 2.05. The van der Waals surface area contributed by atoms with Crippen molar-refractivity contribution >= 4 is 29.9 Å². The lowest BCUT2D eigenvalue weighted by Crippen LogP contribution is -2.28. The van der Waals surface area contributed by atoms with Crippen LogP contribution in [-0.4, -0.2) is 33.4 Å². The first kappa shape index (κ1) is 13.0. The lowest BCUT2D eigenvalue weighted by molar-refractivity contribution is -0.138. The van der Waals surface area contributed by atoms with E-state index in [1.807, 2.05) is 0 Å². The molecule has 0 radical (unpaired) electrons. The summed E-state index contributed by atoms with van der Waals surface area (Å²) in [6.45, 7) is 0. The van der Waals surface area contributed by atoms with Crippen LogP contribution in [0.5, 0.6) is 10.9 Å². The molecule has 1 aliphatic heterocycles. The molecule has 1 atom stereocenters. The van der Waals surface area contributed by atoms with Crippen molar-refractivity contribution in [2.45, 2.75) is 12.5 Å². The van der Waals surface area contributed by atoms with E-state index < -0.39 is 19.2 Å². The third-order valence-corrected chi connectivity index (χ3v) is 3.44. The van der Waals surface area contributed by atoms with Gasteiger partial charge in [0.2, 0.25) is 0 Å². The maximum absolute atomic E-state index is 10.8. The van der Waals surface area contributed by atoms with E-state index in [9.17, 15) is 9.82 Å². The van der Waals surface area contributed by atoms with Crippen LogP contribution in [0.4, 0.5) is 0 Å². The Hall–Kier alpha value is -1.97. The van der Waals surface area contributed by atoms with Crippen LogP contribution >= 0.6 is 11.3 Å². The largest absolute Gasteiger partial charge is 0.492 e. The van der Waals surface area contributed by atoms with Crippen LogP contribution in [0.2, 0.25) is 0 Å². The number of hydrogen-bond acceptors (Lipinski definition) is 7. The Morgan fingerprint density at radius 3 is 3.10 bits per heavy atom. The molecule has 0 saturated heterocycles. The number of carboxylic acids is 1. The quantitative estimate of drug-likeness (QED) is 0.794. The van der Waals surface area contributed by atoms with Crippen LogP contribution in [0.25, 0.3) is 0 Å². The van der Waals surface area contributed by atoms with Crippen molar-refractivity contribution in [3.63, 3.8) is 0 Å². The fraction of sp³-hybridized carbons (Fsp3) is 0.182. The monoisotopic (exact) mass is 292 g/mol. The number of ether oxygens (including phenoxy) is 1. The highest BCUT2D eigenvalue weighted by molar-refractivity contribution is 7.11. The van der Waals surface area contributed by atoms with E-state index in [1.165, 1.54) is 11.3 Å². The first-order valence-electron chi connectivity index (χ1n) is 5.76. The summed E-state index contributed by atoms with van der Waals surface area (Å²) in [4.78, 5) is 10.8. The van der Waals surface area contributed by atoms with Gasteiger partial charge >= 0.3 is 13.1 Å². The molecule has 0 amide bonds. The predicted octanol–water partition coefficient (Wildman–Crippen LogP) is 0.564. The van der Waals surface area contributed by atoms with Gasteiger partial charge in [0.25, 0.3) is 5.19 Å². The summed E-state index contributed by atoms with van der Waals surface area (Å²) < 4.78 is 10.7. The molecule has 102 valence electrons. The Morgan fingerprint density at radius 1 is 1.55 bits per heavy atom. The topological polar surface area (TPSA) is 102 Å². The van der Waals surface area contributed by atoms with Gasteiger partial charge in [-0.3, -0.25) is 4.79 Å². The first-order chi connectivity index (χ1) is 9.63. The molecule has 1 unspecified atom stereocenters. The van der Waals surface area contributed by atoms with Crippen LogP contribution in [0.3, 0.4) is 0 Å². The second kappa shape index (κ2) is 5.20. The van der Waals surface area contributed by atoms with Crippen molar-refractivity contribution in [2.24, 2.45) is 0 Å². The molecule has 9 heteroatoms. The van der Waals surface area contributed by atoms with Gasteiger partial charge in [0.05, 0.1) is 12.5 Å². The Bertz CT molecular complexity index is 636. The van der Waals surface area contributed by atoms with E-state index in [4.69, 9.17) is 14.5 Å². The van der Waals surface area contributed by atoms with E-state index in [-0.39, 0.29) is 6.42 Å². The van der Waals surface area contributed by atoms with Crippen molar-refractivity contribution < 1.29 is 24.3 Å². The van der Waals surface area contributed by atoms with Gasteiger partial charge in [-0.1, -0.05) is 22.5 Å². The van der Waals surface area contributed by atoms with Crippen LogP contribution in [0.15, 0.2) is 23.7 Å². The molecule has 2 heterocycles. The molecule has 1 aliphatic rings. The van der Waals surface area contributed by atoms with E-state index in [2.05, 4.69) is 10.2 Å². The molecular weight excluding hydrogens is 283 g/mol. The number of aromatic nitrogens is 2. The molecule has 0 bridgehead atoms. The van der Waals surface area contributed by atoms with E-state index in [1.54, 1.807) is 23.7 Å². The number of rotatable bonds is 4. The van der Waals surface area contributed by atoms with Gasteiger partial charge in [0.15, 0.2) is 0 Å². The van der Waals surface area contributed by atoms with Gasteiger partial charge in [0.1, 0.15) is 11.3 Å². The summed E-state index contributed by atoms with van der Waals surface area (Å²) >= 11 is 1.24. The Morgan fingerprint density at radius 2 is 2.40 bits per heavy atom. The number of aliphatic carboxylic acids is 1. The van der Waals surface area contributed by atoms with Crippen molar-refractivity contribution in [1.29, 1.82) is 0 Å². The third kappa shape index (κ3) is 2.51. The molecule has 1 aromatic heterocycles. The normalized spacial score (nSPS) is 17.1. The van der Waals surface area contributed by atoms with Gasteiger partial charge in [-0.15, -0.1) is 5.10 Å². The third-order valence-electron chi connectivity index (χ3n) is 2.87. The first-order valence-corrected chi connectivity index (χ1v) is 6.64. The Balaban J connectivity index is 1.85. The highest BCUT2D eigenvalue weighted by Crippen LogP contribution is 2.30. The van der Waals surface area contributed by atoms with Gasteiger partial charge in [-0.2, -0.15) is 0 Å². The average molecular weight is 292 g/mol. The zero-order valence-electron chi connectivity index (χ0n) is 10.1. The molecule has 20 heavy (non-hydrogen) atoms. The second-order valence-electron chi connectivity index (χ2n) is 4.17. The van der Waals surface area contributed by atoms with E-state index >= 15 is 0 Å². The van der Waals surface area contributed by atoms with Gasteiger partial charge < -0.3 is 19.5 Å². The van der Waals surface area contributed by atoms with Crippen LogP contribution in [0, 0.1) is 0 Å². The zero-order chi connectivity index (χ0) is 14.1. The minimum atomic E-state index is -1.15. The van der Waals surface area contributed by atoms with Gasteiger partial charge in [0, 0.05) is 0 Å². The Kier molecular flexibility index (Phi) is 3.39. The minimum absolute atomic E-state index is 0.194. The summed E-state index contributed by atoms with van der Waals surface area (Å²) in [6, 6.07) is 4.98. The highest BCUT2D eigenvalue weighted by atomic mass is 32.1. The number of benzene rings is 1. The standard InChI is InChI=1S/C11H9BN2O5S/c15-10(16)4-9-7-2-1-6(3-8(7)12(17)19-9)18-11-14-13-5-20-11/h1-3,5,9,17H,4H2,(H,15,16). The molecule has 0 aliphatic carbocycles. The molecule has 7 nitrogen and oxygen atoms in total. The smallest absolute Gasteiger partial charge is 0.481 e. The summed E-state index contributed by atoms with van der Waals surface area (Å²) in [5.41, 5.74) is 2.71. The van der Waals surface area contributed by atoms with Crippen molar-refractivity contribution in [2.75, 3.05) is 0 Å². The molecule has 1 aromatic carbocycles. The lowest BCUT2D eigenvalue weighted by atomic mass is 9.79. The van der Waals surface area contributed by atoms with Gasteiger partial charge in [-0.05, 0) is 23.2 Å². The van der Waals surface area contributed by atoms with Crippen LogP contribution < -0.4 is 10.2 Å². The maximum atomic E-state index is 10.8. The van der Waals surface area contributed by atoms with Crippen molar-refractivity contribution in [3.8, 4) is 10.9 Å². The van der Waals surface area contributed by atoms with Crippen LogP contribution in [0.1, 0.15) is 18.1 Å². The number of carbonyl (C=O) groups is 1. The molecule has 2 aromatic rings. The van der Waals surface area contributed by atoms with Gasteiger partial charge in [-0.25, -0.2) is 0 Å². The molecule has 0 spiro atoms. The van der Waals surface area contributed by atoms with Crippen LogP contribution in [-0.2, 0) is 9.45 Å². The SMILES string of the molecule is O=C(O)CC1OB(O)c2cc(Oc3nncs3)ccc21. The molecular formula is C11H9BN2O5S. The lowest BCUT2D eigenvalue weighted by Gasteiger charge is -2.09. The summed E-state index contributed by atoms with van der Waals surface area (Å²) in [6.07, 6.45) is -0.839. The number of hydrogen-bond donors (Lipinski definition) is 2. The second-order valence-corrected chi connectivity index (χ2v) is 4.97. The van der Waals surface area contributed by atoms with Crippen molar-refractivity contribution in [3.05, 3.63) is 29.3 Å². The van der Waals surface area contributed by atoms with E-state index in [0.29, 0.717) is 22.0 Å². The maximum Gasteiger partial charge on any atom is 0.492 e. The zero-order valence-corrected chi connectivity index (χ0v) is 10.9. The molecule has 3 rings (SSSR count). The summed E-state index contributed by atoms with van der Waals surface area (Å²) in [5.74, 6) is -0.497. The highest BCUT2D eigenvalue weighted by Gasteiger charge is 2.36. The molecule has 2 N–H and O–H groups in total. The number of fused-ring (bicyclic) bond motifs is 1. The number of carboxylic acid groups (broad SMARTS) is 1. The van der Waals surface area contributed by atoms with Crippen molar-refractivity contribution in [1.82, 2.24) is 10.2 Å². The fourth-order valence-corrected chi connectivity index (χ4v) is 2.47. The predicted molar refractivity (Wildman–Crippen MR) is 70.1 cm³/mol. The van der Waals surface area contributed by atoms with E-state index in [0.717, 1.165) is 0 Å². The minimum Gasteiger partial charge on any atom is -0.481 e. The molecule has 0 fully saturated rings. The average Bonchev–Trinajstić information content (AvgIpc) is 2.99. The number of nitrogens with zero attached hydrogens (tertiary/aromatic N) is 2. The molecule has 0 saturated carbocycles. The summed E-state index contributed by atoms with van der Waals surface area (Å²) in [7, 11) is -1.15. The summed E-state index contributed by atoms with van der Waals surface area (Å²) in [5, 5.41) is 26.4. The Labute approximate surface area is 117 Å².